The lowest BCUT2D eigenvalue weighted by Crippen LogP contribution is -2.42. The molecule has 0 spiro atoms. The third-order valence-corrected chi connectivity index (χ3v) is 4.95. The molecule has 1 aliphatic rings. The van der Waals surface area contributed by atoms with Crippen LogP contribution < -0.4 is 24.8 Å². The van der Waals surface area contributed by atoms with Crippen LogP contribution in [0.4, 0.5) is 0 Å². The Morgan fingerprint density at radius 2 is 1.51 bits per heavy atom. The van der Waals surface area contributed by atoms with E-state index in [-0.39, 0.29) is 19.2 Å². The molecule has 0 saturated carbocycles. The Bertz CT molecular complexity index is 1170. The maximum atomic E-state index is 12.3. The standard InChI is InChI=1S/C26H24N2O7/c29-24(27-14-21-16-32-22-8-4-5-9-23(22)35-21)17-33-25(30)15-28-26(31)18-10-12-20(13-11-18)34-19-6-2-1-3-7-19/h1-13,21H,14-17H2,(H,27,29)(H,28,31). The molecule has 9 heteroatoms. The summed E-state index contributed by atoms with van der Waals surface area (Å²) < 4.78 is 21.9. The zero-order valence-electron chi connectivity index (χ0n) is 18.8. The molecule has 2 N–H and O–H groups in total. The topological polar surface area (TPSA) is 112 Å². The summed E-state index contributed by atoms with van der Waals surface area (Å²) in [6.07, 6.45) is -0.353. The van der Waals surface area contributed by atoms with Crippen LogP contribution in [0.5, 0.6) is 23.0 Å². The van der Waals surface area contributed by atoms with Crippen molar-refractivity contribution in [1.82, 2.24) is 10.6 Å². The van der Waals surface area contributed by atoms with Crippen LogP contribution in [0.15, 0.2) is 78.9 Å². The Labute approximate surface area is 201 Å². The van der Waals surface area contributed by atoms with E-state index in [4.69, 9.17) is 18.9 Å². The van der Waals surface area contributed by atoms with Crippen LogP contribution in [0.2, 0.25) is 0 Å². The lowest BCUT2D eigenvalue weighted by Gasteiger charge is -2.26. The first-order chi connectivity index (χ1) is 17.1. The number of para-hydroxylation sites is 3. The molecular formula is C26H24N2O7. The molecular weight excluding hydrogens is 452 g/mol. The minimum absolute atomic E-state index is 0.200. The van der Waals surface area contributed by atoms with Gasteiger partial charge in [0.1, 0.15) is 30.8 Å². The maximum absolute atomic E-state index is 12.3. The Kier molecular flexibility index (Phi) is 7.80. The summed E-state index contributed by atoms with van der Waals surface area (Å²) in [4.78, 5) is 36.1. The van der Waals surface area contributed by atoms with Crippen LogP contribution in [0.3, 0.4) is 0 Å². The van der Waals surface area contributed by atoms with Gasteiger partial charge >= 0.3 is 5.97 Å². The van der Waals surface area contributed by atoms with Crippen molar-refractivity contribution in [3.63, 3.8) is 0 Å². The summed E-state index contributed by atoms with van der Waals surface area (Å²) >= 11 is 0. The molecule has 180 valence electrons. The summed E-state index contributed by atoms with van der Waals surface area (Å²) in [5, 5.41) is 5.09. The lowest BCUT2D eigenvalue weighted by atomic mass is 10.2. The van der Waals surface area contributed by atoms with E-state index in [0.29, 0.717) is 35.2 Å². The zero-order chi connectivity index (χ0) is 24.5. The van der Waals surface area contributed by atoms with Gasteiger partial charge in [-0.05, 0) is 48.5 Å². The average Bonchev–Trinajstić information content (AvgIpc) is 2.90. The summed E-state index contributed by atoms with van der Waals surface area (Å²) in [5.41, 5.74) is 0.354. The maximum Gasteiger partial charge on any atom is 0.325 e. The molecule has 1 unspecified atom stereocenters. The molecule has 9 nitrogen and oxygen atoms in total. The Morgan fingerprint density at radius 1 is 0.829 bits per heavy atom. The number of esters is 1. The van der Waals surface area contributed by atoms with Gasteiger partial charge in [0.25, 0.3) is 11.8 Å². The van der Waals surface area contributed by atoms with Gasteiger partial charge in [0.2, 0.25) is 0 Å². The number of ether oxygens (including phenoxy) is 4. The molecule has 0 aliphatic carbocycles. The van der Waals surface area contributed by atoms with Gasteiger partial charge in [0.15, 0.2) is 18.1 Å². The molecule has 1 aliphatic heterocycles. The van der Waals surface area contributed by atoms with E-state index in [2.05, 4.69) is 10.6 Å². The predicted molar refractivity (Wildman–Crippen MR) is 126 cm³/mol. The number of benzene rings is 3. The minimum atomic E-state index is -0.733. The number of carbonyl (C=O) groups excluding carboxylic acids is 3. The van der Waals surface area contributed by atoms with Gasteiger partial charge in [0.05, 0.1) is 6.54 Å². The van der Waals surface area contributed by atoms with Crippen LogP contribution in [0.25, 0.3) is 0 Å². The van der Waals surface area contributed by atoms with Crippen LogP contribution in [-0.2, 0) is 14.3 Å². The number of carbonyl (C=O) groups is 3. The first-order valence-corrected chi connectivity index (χ1v) is 11.0. The van der Waals surface area contributed by atoms with Crippen LogP contribution in [0, 0.1) is 0 Å². The number of hydrogen-bond acceptors (Lipinski definition) is 7. The monoisotopic (exact) mass is 476 g/mol. The molecule has 0 radical (unpaired) electrons. The van der Waals surface area contributed by atoms with Gasteiger partial charge in [-0.3, -0.25) is 14.4 Å². The van der Waals surface area contributed by atoms with Crippen LogP contribution in [-0.4, -0.2) is 50.2 Å². The van der Waals surface area contributed by atoms with E-state index >= 15 is 0 Å². The van der Waals surface area contributed by atoms with Gasteiger partial charge in [-0.25, -0.2) is 0 Å². The van der Waals surface area contributed by atoms with Gasteiger partial charge < -0.3 is 29.6 Å². The van der Waals surface area contributed by atoms with E-state index in [0.717, 1.165) is 0 Å². The van der Waals surface area contributed by atoms with E-state index in [1.807, 2.05) is 42.5 Å². The fourth-order valence-corrected chi connectivity index (χ4v) is 3.19. The van der Waals surface area contributed by atoms with Gasteiger partial charge in [0, 0.05) is 5.56 Å². The largest absolute Gasteiger partial charge is 0.486 e. The molecule has 3 aromatic carbocycles. The Hall–Kier alpha value is -4.53. The van der Waals surface area contributed by atoms with E-state index in [9.17, 15) is 14.4 Å². The lowest BCUT2D eigenvalue weighted by molar-refractivity contribution is -0.147. The summed E-state index contributed by atoms with van der Waals surface area (Å²) in [5.74, 6) is 0.854. The molecule has 0 bridgehead atoms. The summed E-state index contributed by atoms with van der Waals surface area (Å²) in [6.45, 7) is -0.344. The van der Waals surface area contributed by atoms with Crippen molar-refractivity contribution in [2.24, 2.45) is 0 Å². The fourth-order valence-electron chi connectivity index (χ4n) is 3.19. The second-order valence-corrected chi connectivity index (χ2v) is 7.58. The highest BCUT2D eigenvalue weighted by Crippen LogP contribution is 2.30. The zero-order valence-corrected chi connectivity index (χ0v) is 18.8. The normalized spacial score (nSPS) is 13.9. The highest BCUT2D eigenvalue weighted by atomic mass is 16.6. The van der Waals surface area contributed by atoms with E-state index < -0.39 is 24.4 Å². The average molecular weight is 476 g/mol. The number of hydrogen-bond donors (Lipinski definition) is 2. The van der Waals surface area contributed by atoms with Crippen molar-refractivity contribution < 1.29 is 33.3 Å². The molecule has 1 heterocycles. The third-order valence-electron chi connectivity index (χ3n) is 4.95. The molecule has 35 heavy (non-hydrogen) atoms. The van der Waals surface area contributed by atoms with Crippen molar-refractivity contribution in [2.45, 2.75) is 6.10 Å². The first-order valence-electron chi connectivity index (χ1n) is 11.0. The van der Waals surface area contributed by atoms with Gasteiger partial charge in [-0.15, -0.1) is 0 Å². The highest BCUT2D eigenvalue weighted by molar-refractivity contribution is 5.96. The van der Waals surface area contributed by atoms with Crippen LogP contribution >= 0.6 is 0 Å². The van der Waals surface area contributed by atoms with Crippen LogP contribution in [0.1, 0.15) is 10.4 Å². The SMILES string of the molecule is O=C(COC(=O)CNC(=O)c1ccc(Oc2ccccc2)cc1)NCC1COc2ccccc2O1. The summed E-state index contributed by atoms with van der Waals surface area (Å²) in [7, 11) is 0. The molecule has 1 atom stereocenters. The Morgan fingerprint density at radius 3 is 2.29 bits per heavy atom. The van der Waals surface area contributed by atoms with Crippen molar-refractivity contribution in [2.75, 3.05) is 26.3 Å². The molecule has 0 fully saturated rings. The minimum Gasteiger partial charge on any atom is -0.486 e. The second-order valence-electron chi connectivity index (χ2n) is 7.58. The van der Waals surface area contributed by atoms with Crippen molar-refractivity contribution in [1.29, 1.82) is 0 Å². The molecule has 3 aromatic rings. The second kappa shape index (κ2) is 11.6. The quantitative estimate of drug-likeness (QED) is 0.457. The first kappa shape index (κ1) is 23.6. The molecule has 2 amide bonds. The summed E-state index contributed by atoms with van der Waals surface area (Å²) in [6, 6.07) is 23.0. The van der Waals surface area contributed by atoms with Gasteiger partial charge in [-0.2, -0.15) is 0 Å². The van der Waals surface area contributed by atoms with Crippen molar-refractivity contribution in [3.8, 4) is 23.0 Å². The third kappa shape index (κ3) is 6.97. The predicted octanol–water partition coefficient (Wildman–Crippen LogP) is 2.71. The highest BCUT2D eigenvalue weighted by Gasteiger charge is 2.21. The number of nitrogens with one attached hydrogen (secondary N) is 2. The van der Waals surface area contributed by atoms with Crippen molar-refractivity contribution >= 4 is 17.8 Å². The Balaban J connectivity index is 1.13. The van der Waals surface area contributed by atoms with E-state index in [1.165, 1.54) is 0 Å². The molecule has 0 saturated heterocycles. The number of fused-ring (bicyclic) bond motifs is 1. The van der Waals surface area contributed by atoms with Gasteiger partial charge in [-0.1, -0.05) is 30.3 Å². The smallest absolute Gasteiger partial charge is 0.325 e. The van der Waals surface area contributed by atoms with Crippen molar-refractivity contribution in [3.05, 3.63) is 84.4 Å². The molecule has 0 aromatic heterocycles. The fraction of sp³-hybridized carbons (Fsp3) is 0.192. The number of rotatable bonds is 9. The van der Waals surface area contributed by atoms with E-state index in [1.54, 1.807) is 36.4 Å². The molecule has 4 rings (SSSR count). The number of amides is 2.